The van der Waals surface area contributed by atoms with E-state index in [-0.39, 0.29) is 0 Å². The fourth-order valence-corrected chi connectivity index (χ4v) is 2.72. The van der Waals surface area contributed by atoms with Gasteiger partial charge in [-0.25, -0.2) is 0 Å². The van der Waals surface area contributed by atoms with Crippen LogP contribution in [0.2, 0.25) is 0 Å². The Bertz CT molecular complexity index is 255. The molecule has 0 aromatic rings. The van der Waals surface area contributed by atoms with E-state index in [9.17, 15) is 5.11 Å². The van der Waals surface area contributed by atoms with Gasteiger partial charge in [-0.15, -0.1) is 0 Å². The van der Waals surface area contributed by atoms with Gasteiger partial charge in [-0.2, -0.15) is 0 Å². The zero-order valence-electron chi connectivity index (χ0n) is 11.7. The zero-order chi connectivity index (χ0) is 13.0. The minimum atomic E-state index is -0.615. The quantitative estimate of drug-likeness (QED) is 0.704. The van der Waals surface area contributed by atoms with Crippen molar-refractivity contribution in [1.29, 1.82) is 0 Å². The van der Waals surface area contributed by atoms with Gasteiger partial charge in [0.2, 0.25) is 0 Å². The van der Waals surface area contributed by atoms with Crippen molar-refractivity contribution in [3.63, 3.8) is 0 Å². The third kappa shape index (κ3) is 4.17. The molecule has 0 aromatic heterocycles. The molecule has 0 amide bonds. The Balaban J connectivity index is 1.81. The van der Waals surface area contributed by atoms with Crippen LogP contribution in [-0.4, -0.2) is 85.6 Å². The van der Waals surface area contributed by atoms with Crippen molar-refractivity contribution in [3.8, 4) is 0 Å². The van der Waals surface area contributed by atoms with Crippen molar-refractivity contribution in [3.05, 3.63) is 0 Å². The van der Waals surface area contributed by atoms with Gasteiger partial charge >= 0.3 is 0 Å². The second-order valence-electron chi connectivity index (χ2n) is 5.90. The lowest BCUT2D eigenvalue weighted by molar-refractivity contribution is 0.0102. The molecular weight excluding hydrogens is 230 g/mol. The molecule has 2 fully saturated rings. The Hall–Kier alpha value is -0.200. The average molecular weight is 257 g/mol. The van der Waals surface area contributed by atoms with Crippen LogP contribution in [0.4, 0.5) is 0 Å². The van der Waals surface area contributed by atoms with E-state index in [1.165, 1.54) is 0 Å². The molecule has 0 radical (unpaired) electrons. The molecule has 5 heteroatoms. The normalized spacial score (nSPS) is 36.5. The van der Waals surface area contributed by atoms with Crippen LogP contribution in [0.1, 0.15) is 13.8 Å². The second-order valence-corrected chi connectivity index (χ2v) is 5.90. The van der Waals surface area contributed by atoms with Crippen LogP contribution in [-0.2, 0) is 4.74 Å². The molecule has 2 N–H and O–H groups in total. The SMILES string of the molecule is CC1CNCC(C)(O)CN1CCN1CCOCC1. The van der Waals surface area contributed by atoms with E-state index in [0.29, 0.717) is 12.6 Å². The molecule has 0 spiro atoms. The zero-order valence-corrected chi connectivity index (χ0v) is 11.7. The summed E-state index contributed by atoms with van der Waals surface area (Å²) in [6.45, 7) is 12.4. The van der Waals surface area contributed by atoms with Crippen molar-refractivity contribution >= 4 is 0 Å². The van der Waals surface area contributed by atoms with E-state index >= 15 is 0 Å². The number of nitrogens with one attached hydrogen (secondary N) is 1. The average Bonchev–Trinajstić information content (AvgIpc) is 2.47. The summed E-state index contributed by atoms with van der Waals surface area (Å²) in [6, 6.07) is 0.486. The molecule has 18 heavy (non-hydrogen) atoms. The Labute approximate surface area is 110 Å². The second kappa shape index (κ2) is 6.30. The molecule has 0 aromatic carbocycles. The highest BCUT2D eigenvalue weighted by Gasteiger charge is 2.29. The molecule has 2 unspecified atom stereocenters. The van der Waals surface area contributed by atoms with Crippen molar-refractivity contribution in [1.82, 2.24) is 15.1 Å². The standard InChI is InChI=1S/C13H27N3O2/c1-12-9-14-10-13(2,17)11-16(12)4-3-15-5-7-18-8-6-15/h12,14,17H,3-11H2,1-2H3. The molecule has 0 bridgehead atoms. The third-order valence-corrected chi connectivity index (χ3v) is 3.92. The van der Waals surface area contributed by atoms with Crippen LogP contribution in [0.15, 0.2) is 0 Å². The lowest BCUT2D eigenvalue weighted by atomic mass is 10.1. The molecule has 2 atom stereocenters. The largest absolute Gasteiger partial charge is 0.388 e. The highest BCUT2D eigenvalue weighted by atomic mass is 16.5. The predicted octanol–water partition coefficient (Wildman–Crippen LogP) is -0.637. The molecule has 106 valence electrons. The Morgan fingerprint density at radius 1 is 1.33 bits per heavy atom. The maximum atomic E-state index is 10.2. The maximum Gasteiger partial charge on any atom is 0.0869 e. The van der Waals surface area contributed by atoms with Crippen LogP contribution in [0.25, 0.3) is 0 Å². The van der Waals surface area contributed by atoms with Crippen molar-refractivity contribution in [2.75, 3.05) is 59.0 Å². The number of ether oxygens (including phenoxy) is 1. The summed E-state index contributed by atoms with van der Waals surface area (Å²) >= 11 is 0. The highest BCUT2D eigenvalue weighted by Crippen LogP contribution is 2.12. The molecule has 0 aliphatic carbocycles. The van der Waals surface area contributed by atoms with E-state index < -0.39 is 5.60 Å². The number of hydrogen-bond donors (Lipinski definition) is 2. The molecule has 2 rings (SSSR count). The Morgan fingerprint density at radius 3 is 2.78 bits per heavy atom. The van der Waals surface area contributed by atoms with Crippen LogP contribution in [0, 0.1) is 0 Å². The fourth-order valence-electron chi connectivity index (χ4n) is 2.72. The van der Waals surface area contributed by atoms with Crippen LogP contribution >= 0.6 is 0 Å². The number of β-amino-alcohol motifs (C(OH)–C–C–N with tert-alkyl or cyclic N) is 1. The lowest BCUT2D eigenvalue weighted by Crippen LogP contribution is -2.48. The van der Waals surface area contributed by atoms with Gasteiger partial charge < -0.3 is 15.2 Å². The first-order valence-corrected chi connectivity index (χ1v) is 7.04. The highest BCUT2D eigenvalue weighted by molar-refractivity contribution is 4.87. The van der Waals surface area contributed by atoms with Gasteiger partial charge in [-0.3, -0.25) is 9.80 Å². The molecule has 0 saturated carbocycles. The van der Waals surface area contributed by atoms with Crippen LogP contribution < -0.4 is 5.32 Å². The topological polar surface area (TPSA) is 48.0 Å². The number of hydrogen-bond acceptors (Lipinski definition) is 5. The van der Waals surface area contributed by atoms with Crippen molar-refractivity contribution in [2.45, 2.75) is 25.5 Å². The molecule has 2 aliphatic rings. The summed E-state index contributed by atoms with van der Waals surface area (Å²) in [6.07, 6.45) is 0. The number of nitrogens with zero attached hydrogens (tertiary/aromatic N) is 2. The first kappa shape index (κ1) is 14.2. The van der Waals surface area contributed by atoms with E-state index in [0.717, 1.165) is 52.5 Å². The molecular formula is C13H27N3O2. The first-order chi connectivity index (χ1) is 8.57. The summed E-state index contributed by atoms with van der Waals surface area (Å²) < 4.78 is 5.36. The van der Waals surface area contributed by atoms with Crippen molar-refractivity contribution < 1.29 is 9.84 Å². The van der Waals surface area contributed by atoms with Gasteiger partial charge in [-0.1, -0.05) is 0 Å². The van der Waals surface area contributed by atoms with Crippen molar-refractivity contribution in [2.24, 2.45) is 0 Å². The molecule has 5 nitrogen and oxygen atoms in total. The number of morpholine rings is 1. The number of aliphatic hydroxyl groups is 1. The summed E-state index contributed by atoms with van der Waals surface area (Å²) in [5.74, 6) is 0. The molecule has 2 aliphatic heterocycles. The minimum absolute atomic E-state index is 0.486. The van der Waals surface area contributed by atoms with Crippen LogP contribution in [0.3, 0.4) is 0 Å². The van der Waals surface area contributed by atoms with Gasteiger partial charge in [0, 0.05) is 51.9 Å². The summed E-state index contributed by atoms with van der Waals surface area (Å²) in [5, 5.41) is 13.6. The summed E-state index contributed by atoms with van der Waals surface area (Å²) in [4.78, 5) is 4.85. The molecule has 2 heterocycles. The monoisotopic (exact) mass is 257 g/mol. The smallest absolute Gasteiger partial charge is 0.0869 e. The number of rotatable bonds is 3. The van der Waals surface area contributed by atoms with E-state index in [4.69, 9.17) is 4.74 Å². The van der Waals surface area contributed by atoms with E-state index in [1.807, 2.05) is 6.92 Å². The first-order valence-electron chi connectivity index (χ1n) is 7.04. The van der Waals surface area contributed by atoms with Gasteiger partial charge in [0.15, 0.2) is 0 Å². The summed E-state index contributed by atoms with van der Waals surface area (Å²) in [5.41, 5.74) is -0.615. The Kier molecular flexibility index (Phi) is 4.98. The predicted molar refractivity (Wildman–Crippen MR) is 71.8 cm³/mol. The van der Waals surface area contributed by atoms with Gasteiger partial charge in [0.25, 0.3) is 0 Å². The van der Waals surface area contributed by atoms with Crippen LogP contribution in [0.5, 0.6) is 0 Å². The molecule has 2 saturated heterocycles. The third-order valence-electron chi connectivity index (χ3n) is 3.92. The lowest BCUT2D eigenvalue weighted by Gasteiger charge is -2.34. The van der Waals surface area contributed by atoms with Gasteiger partial charge in [0.05, 0.1) is 18.8 Å². The van der Waals surface area contributed by atoms with Gasteiger partial charge in [-0.05, 0) is 13.8 Å². The summed E-state index contributed by atoms with van der Waals surface area (Å²) in [7, 11) is 0. The van der Waals surface area contributed by atoms with Gasteiger partial charge in [0.1, 0.15) is 0 Å². The van der Waals surface area contributed by atoms with E-state index in [2.05, 4.69) is 22.0 Å². The van der Waals surface area contributed by atoms with E-state index in [1.54, 1.807) is 0 Å². The fraction of sp³-hybridized carbons (Fsp3) is 1.00. The maximum absolute atomic E-state index is 10.2. The minimum Gasteiger partial charge on any atom is -0.388 e. The Morgan fingerprint density at radius 2 is 2.06 bits per heavy atom.